The van der Waals surface area contributed by atoms with Crippen LogP contribution in [0.4, 0.5) is 26.3 Å². The lowest BCUT2D eigenvalue weighted by atomic mass is 10.1. The monoisotopic (exact) mass is 500 g/mol. The summed E-state index contributed by atoms with van der Waals surface area (Å²) in [7, 11) is 0. The van der Waals surface area contributed by atoms with Crippen LogP contribution in [0.5, 0.6) is 5.88 Å². The van der Waals surface area contributed by atoms with Gasteiger partial charge in [-0.15, -0.1) is 0 Å². The third kappa shape index (κ3) is 5.30. The molecule has 0 bridgehead atoms. The van der Waals surface area contributed by atoms with E-state index in [1.54, 1.807) is 0 Å². The maximum Gasteiger partial charge on any atom is 0.452 e. The van der Waals surface area contributed by atoms with Crippen LogP contribution < -0.4 is 4.74 Å². The van der Waals surface area contributed by atoms with Gasteiger partial charge in [0, 0.05) is 11.8 Å². The van der Waals surface area contributed by atoms with Gasteiger partial charge in [-0.1, -0.05) is 29.3 Å². The van der Waals surface area contributed by atoms with E-state index in [-0.39, 0.29) is 26.7 Å². The number of alkyl halides is 6. The molecule has 0 radical (unpaired) electrons. The molecule has 1 unspecified atom stereocenters. The molecule has 0 aliphatic carbocycles. The zero-order valence-corrected chi connectivity index (χ0v) is 16.7. The highest BCUT2D eigenvalue weighted by atomic mass is 35.5. The molecule has 0 amide bonds. The number of carbonyl (C=O) groups excluding carboxylic acids is 2. The van der Waals surface area contributed by atoms with Crippen LogP contribution in [0.1, 0.15) is 5.56 Å². The number of rotatable bonds is 5. The van der Waals surface area contributed by atoms with Crippen molar-refractivity contribution in [3.8, 4) is 17.0 Å². The van der Waals surface area contributed by atoms with E-state index in [1.807, 2.05) is 0 Å². The molecule has 1 aromatic heterocycles. The Hall–Kier alpha value is -2.86. The Bertz CT molecular complexity index is 1120. The number of halogens is 8. The first-order valence-corrected chi connectivity index (χ1v) is 9.08. The van der Waals surface area contributed by atoms with Crippen LogP contribution in [0.15, 0.2) is 35.5 Å². The Morgan fingerprint density at radius 2 is 1.75 bits per heavy atom. The third-order valence-electron chi connectivity index (χ3n) is 3.90. The van der Waals surface area contributed by atoms with Gasteiger partial charge in [0.2, 0.25) is 17.8 Å². The maximum absolute atomic E-state index is 12.6. The molecule has 14 heteroatoms. The van der Waals surface area contributed by atoms with Gasteiger partial charge < -0.3 is 9.47 Å². The topological polar surface area (TPSA) is 77.8 Å². The van der Waals surface area contributed by atoms with Gasteiger partial charge in [-0.3, -0.25) is 4.79 Å². The van der Waals surface area contributed by atoms with Crippen molar-refractivity contribution in [3.05, 3.63) is 46.1 Å². The van der Waals surface area contributed by atoms with Crippen molar-refractivity contribution in [1.29, 1.82) is 0 Å². The van der Waals surface area contributed by atoms with E-state index in [2.05, 4.69) is 14.7 Å². The Morgan fingerprint density at radius 3 is 2.34 bits per heavy atom. The van der Waals surface area contributed by atoms with Gasteiger partial charge in [0.1, 0.15) is 0 Å². The van der Waals surface area contributed by atoms with Crippen molar-refractivity contribution in [2.45, 2.75) is 18.4 Å². The minimum absolute atomic E-state index is 0.0387. The molecule has 1 atom stereocenters. The number of ketones is 1. The summed E-state index contributed by atoms with van der Waals surface area (Å²) in [6, 6.07) is 2.63. The van der Waals surface area contributed by atoms with E-state index in [0.29, 0.717) is 0 Å². The zero-order chi connectivity index (χ0) is 23.8. The number of hydrogen-bond acceptors (Lipinski definition) is 6. The fourth-order valence-electron chi connectivity index (χ4n) is 2.51. The molecule has 1 aliphatic heterocycles. The summed E-state index contributed by atoms with van der Waals surface area (Å²) in [5, 5.41) is 0.178. The normalized spacial score (nSPS) is 16.6. The highest BCUT2D eigenvalue weighted by molar-refractivity contribution is 6.42. The molecule has 32 heavy (non-hydrogen) atoms. The second-order valence-electron chi connectivity index (χ2n) is 6.23. The molecular formula is C18H8Cl2F6N2O4. The van der Waals surface area contributed by atoms with Crippen molar-refractivity contribution < 1.29 is 45.4 Å². The first-order chi connectivity index (χ1) is 14.8. The van der Waals surface area contributed by atoms with Gasteiger partial charge in [-0.25, -0.2) is 14.8 Å². The van der Waals surface area contributed by atoms with E-state index >= 15 is 0 Å². The lowest BCUT2D eigenvalue weighted by molar-refractivity contribution is -0.174. The van der Waals surface area contributed by atoms with Crippen molar-refractivity contribution in [2.75, 3.05) is 6.61 Å². The molecule has 1 aliphatic rings. The smallest absolute Gasteiger partial charge is 0.452 e. The number of aromatic nitrogens is 1. The molecule has 0 saturated carbocycles. The summed E-state index contributed by atoms with van der Waals surface area (Å²) in [5.41, 5.74) is -0.107. The Morgan fingerprint density at radius 1 is 1.06 bits per heavy atom. The van der Waals surface area contributed by atoms with Crippen molar-refractivity contribution in [1.82, 2.24) is 4.98 Å². The number of aliphatic imine (C=N–C) groups is 1. The average Bonchev–Trinajstić information content (AvgIpc) is 3.08. The molecule has 0 N–H and O–H groups in total. The van der Waals surface area contributed by atoms with Gasteiger partial charge >= 0.3 is 18.3 Å². The fraction of sp³-hybridized carbons (Fsp3) is 0.222. The summed E-state index contributed by atoms with van der Waals surface area (Å²) in [6.07, 6.45) is -9.16. The number of Topliss-reactive ketones (excluding diaryl/α,β-unsaturated/α-hetero) is 1. The maximum atomic E-state index is 12.6. The minimum atomic E-state index is -5.33. The molecule has 2 aromatic rings. The zero-order valence-electron chi connectivity index (χ0n) is 15.2. The predicted molar refractivity (Wildman–Crippen MR) is 98.7 cm³/mol. The lowest BCUT2D eigenvalue weighted by Gasteiger charge is -2.14. The fourth-order valence-corrected chi connectivity index (χ4v) is 2.80. The minimum Gasteiger partial charge on any atom is -0.468 e. The summed E-state index contributed by atoms with van der Waals surface area (Å²) in [5.74, 6) is -5.16. The lowest BCUT2D eigenvalue weighted by Crippen LogP contribution is -2.36. The van der Waals surface area contributed by atoms with E-state index in [1.165, 1.54) is 18.2 Å². The van der Waals surface area contributed by atoms with Gasteiger partial charge in [0.15, 0.2) is 6.61 Å². The number of hydrogen-bond donors (Lipinski definition) is 0. The van der Waals surface area contributed by atoms with Crippen LogP contribution in [-0.4, -0.2) is 47.6 Å². The Labute approximate surface area is 184 Å². The molecule has 0 saturated heterocycles. The van der Waals surface area contributed by atoms with E-state index in [9.17, 15) is 35.9 Å². The number of nitrogens with zero attached hydrogens (tertiary/aromatic N) is 2. The SMILES string of the molecule is O=C1OC(c2cnc(OCC(F)(F)F)c(-c3ccc(Cl)c(Cl)c3)c2)=NC1C(=O)C(F)(F)F. The molecule has 0 fully saturated rings. The molecule has 3 rings (SSSR count). The molecule has 6 nitrogen and oxygen atoms in total. The van der Waals surface area contributed by atoms with Crippen LogP contribution in [-0.2, 0) is 14.3 Å². The first kappa shape index (κ1) is 23.8. The van der Waals surface area contributed by atoms with Crippen LogP contribution in [0.3, 0.4) is 0 Å². The largest absolute Gasteiger partial charge is 0.468 e. The van der Waals surface area contributed by atoms with Crippen molar-refractivity contribution >= 4 is 40.9 Å². The highest BCUT2D eigenvalue weighted by Gasteiger charge is 2.50. The van der Waals surface area contributed by atoms with E-state index < -0.39 is 48.5 Å². The van der Waals surface area contributed by atoms with Gasteiger partial charge in [0.05, 0.1) is 15.6 Å². The number of cyclic esters (lactones) is 1. The number of benzene rings is 1. The third-order valence-corrected chi connectivity index (χ3v) is 4.63. The number of carbonyl (C=O) groups is 2. The number of esters is 1. The molecule has 1 aromatic carbocycles. The van der Waals surface area contributed by atoms with Crippen molar-refractivity contribution in [3.63, 3.8) is 0 Å². The Kier molecular flexibility index (Phi) is 6.38. The average molecular weight is 501 g/mol. The standard InChI is InChI=1S/C18H8Cl2F6N2O4/c19-10-2-1-7(4-11(10)20)9-3-8(5-27-15(9)31-6-17(21,22)23)14-28-12(16(30)32-14)13(29)18(24,25)26/h1-5,12H,6H2. The summed E-state index contributed by atoms with van der Waals surface area (Å²) >= 11 is 11.8. The van der Waals surface area contributed by atoms with Crippen LogP contribution >= 0.6 is 23.2 Å². The quantitative estimate of drug-likeness (QED) is 0.334. The van der Waals surface area contributed by atoms with E-state index in [0.717, 1.165) is 12.3 Å². The van der Waals surface area contributed by atoms with Gasteiger partial charge in [0.25, 0.3) is 5.78 Å². The first-order valence-electron chi connectivity index (χ1n) is 8.32. The van der Waals surface area contributed by atoms with Gasteiger partial charge in [-0.2, -0.15) is 26.3 Å². The van der Waals surface area contributed by atoms with Crippen molar-refractivity contribution in [2.24, 2.45) is 4.99 Å². The highest BCUT2D eigenvalue weighted by Crippen LogP contribution is 2.35. The second-order valence-corrected chi connectivity index (χ2v) is 7.04. The second kappa shape index (κ2) is 8.58. The summed E-state index contributed by atoms with van der Waals surface area (Å²) in [6.45, 7) is -1.69. The van der Waals surface area contributed by atoms with Crippen LogP contribution in [0, 0.1) is 0 Å². The summed E-state index contributed by atoms with van der Waals surface area (Å²) in [4.78, 5) is 30.1. The molecular weight excluding hydrogens is 493 g/mol. The van der Waals surface area contributed by atoms with Gasteiger partial charge in [-0.05, 0) is 23.8 Å². The van der Waals surface area contributed by atoms with Crippen LogP contribution in [0.25, 0.3) is 11.1 Å². The predicted octanol–water partition coefficient (Wildman–Crippen LogP) is 4.80. The number of pyridine rings is 1. The molecule has 2 heterocycles. The van der Waals surface area contributed by atoms with Crippen LogP contribution in [0.2, 0.25) is 10.0 Å². The Balaban J connectivity index is 2.04. The van der Waals surface area contributed by atoms with E-state index in [4.69, 9.17) is 27.9 Å². The summed E-state index contributed by atoms with van der Waals surface area (Å²) < 4.78 is 85.0. The number of ether oxygens (including phenoxy) is 2. The molecule has 170 valence electrons. The molecule has 0 spiro atoms.